The van der Waals surface area contributed by atoms with Gasteiger partial charge in [0.15, 0.2) is 0 Å². The van der Waals surface area contributed by atoms with Gasteiger partial charge in [-0.2, -0.15) is 0 Å². The molecule has 0 saturated heterocycles. The van der Waals surface area contributed by atoms with Crippen LogP contribution in [0.3, 0.4) is 0 Å². The number of hydrogen-bond acceptors (Lipinski definition) is 4. The maximum absolute atomic E-state index is 10.8. The molecular weight excluding hydrogens is 166 g/mol. The number of rotatable bonds is 2. The van der Waals surface area contributed by atoms with E-state index >= 15 is 0 Å². The molecule has 0 bridgehead atoms. The fraction of sp³-hybridized carbons (Fsp3) is 0.200. The van der Waals surface area contributed by atoms with E-state index in [9.17, 15) is 4.79 Å². The lowest BCUT2D eigenvalue weighted by atomic mass is 11.2. The van der Waals surface area contributed by atoms with Gasteiger partial charge in [-0.15, -0.1) is 16.3 Å². The van der Waals surface area contributed by atoms with Crippen LogP contribution in [0.25, 0.3) is 0 Å². The van der Waals surface area contributed by atoms with Crippen LogP contribution in [-0.4, -0.2) is 22.0 Å². The first-order valence-electron chi connectivity index (χ1n) is 2.64. The van der Waals surface area contributed by atoms with Crippen molar-refractivity contribution in [1.29, 1.82) is 0 Å². The van der Waals surface area contributed by atoms with Crippen LogP contribution in [0.4, 0.5) is 0 Å². The lowest BCUT2D eigenvalue weighted by Crippen LogP contribution is -2.22. The second-order valence-corrected chi connectivity index (χ2v) is 2.31. The summed E-state index contributed by atoms with van der Waals surface area (Å²) in [6.07, 6.45) is 4.98. The van der Waals surface area contributed by atoms with E-state index in [1.54, 1.807) is 0 Å². The number of terminal acetylenes is 1. The Bertz CT molecular complexity index is 334. The zero-order chi connectivity index (χ0) is 8.27. The van der Waals surface area contributed by atoms with E-state index in [1.165, 1.54) is 7.11 Å². The summed E-state index contributed by atoms with van der Waals surface area (Å²) < 4.78 is 0.977. The Morgan fingerprint density at radius 1 is 1.91 bits per heavy atom. The largest absolute Gasteiger partial charge is 0.410 e. The fourth-order valence-electron chi connectivity index (χ4n) is 0.551. The van der Waals surface area contributed by atoms with Crippen molar-refractivity contribution in [1.82, 2.24) is 14.9 Å². The van der Waals surface area contributed by atoms with Crippen LogP contribution < -0.4 is 10.5 Å². The molecule has 0 aromatic carbocycles. The van der Waals surface area contributed by atoms with Gasteiger partial charge in [0.05, 0.1) is 0 Å². The molecule has 0 unspecified atom stereocenters. The summed E-state index contributed by atoms with van der Waals surface area (Å²) in [5.74, 6) is 0. The van der Waals surface area contributed by atoms with Gasteiger partial charge in [0.2, 0.25) is 5.16 Å². The van der Waals surface area contributed by atoms with E-state index in [1.807, 2.05) is 0 Å². The van der Waals surface area contributed by atoms with Gasteiger partial charge in [-0.3, -0.25) is 0 Å². The van der Waals surface area contributed by atoms with E-state index in [0.717, 1.165) is 16.5 Å². The van der Waals surface area contributed by atoms with E-state index in [2.05, 4.69) is 20.3 Å². The lowest BCUT2D eigenvalue weighted by molar-refractivity contribution is 0.135. The maximum Gasteiger partial charge on any atom is 0.377 e. The molecule has 0 aliphatic heterocycles. The lowest BCUT2D eigenvalue weighted by Gasteiger charge is -1.96. The van der Waals surface area contributed by atoms with Crippen LogP contribution in [0, 0.1) is 11.7 Å². The van der Waals surface area contributed by atoms with Gasteiger partial charge >= 0.3 is 5.69 Å². The Labute approximate surface area is 66.7 Å². The predicted molar refractivity (Wildman–Crippen MR) is 40.0 cm³/mol. The highest BCUT2D eigenvalue weighted by molar-refractivity contribution is 8.03. The molecule has 1 aromatic rings. The molecule has 58 valence electrons. The van der Waals surface area contributed by atoms with E-state index in [4.69, 9.17) is 6.42 Å². The minimum atomic E-state index is -0.440. The van der Waals surface area contributed by atoms with Crippen molar-refractivity contribution in [3.05, 3.63) is 10.5 Å². The normalized spacial score (nSPS) is 9.09. The van der Waals surface area contributed by atoms with E-state index in [-0.39, 0.29) is 0 Å². The summed E-state index contributed by atoms with van der Waals surface area (Å²) >= 11 is 0.971. The molecule has 6 heteroatoms. The Morgan fingerprint density at radius 3 is 3.18 bits per heavy atom. The average molecular weight is 171 g/mol. The minimum Gasteiger partial charge on any atom is -0.410 e. The van der Waals surface area contributed by atoms with Crippen molar-refractivity contribution >= 4 is 11.8 Å². The zero-order valence-electron chi connectivity index (χ0n) is 5.70. The van der Waals surface area contributed by atoms with Crippen molar-refractivity contribution in [3.63, 3.8) is 0 Å². The SMILES string of the molecule is C#CSc1n[nH]c(=O)n1OC. The summed E-state index contributed by atoms with van der Waals surface area (Å²) in [6, 6.07) is 0. The van der Waals surface area contributed by atoms with Crippen LogP contribution in [-0.2, 0) is 0 Å². The molecule has 0 atom stereocenters. The number of nitrogens with zero attached hydrogens (tertiary/aromatic N) is 2. The Morgan fingerprint density at radius 2 is 2.64 bits per heavy atom. The molecule has 0 amide bonds. The summed E-state index contributed by atoms with van der Waals surface area (Å²) in [5, 5.41) is 8.37. The highest BCUT2D eigenvalue weighted by Gasteiger charge is 2.06. The molecule has 0 radical (unpaired) electrons. The van der Waals surface area contributed by atoms with Crippen molar-refractivity contribution in [2.45, 2.75) is 5.16 Å². The molecular formula is C5H5N3O2S. The van der Waals surface area contributed by atoms with Crippen molar-refractivity contribution in [2.24, 2.45) is 0 Å². The van der Waals surface area contributed by atoms with Gasteiger partial charge in [-0.05, 0) is 5.25 Å². The Hall–Kier alpha value is -1.35. The Kier molecular flexibility index (Phi) is 2.23. The molecule has 1 N–H and O–H groups in total. The highest BCUT2D eigenvalue weighted by atomic mass is 32.2. The number of nitrogens with one attached hydrogen (secondary N) is 1. The second kappa shape index (κ2) is 3.16. The molecule has 11 heavy (non-hydrogen) atoms. The molecule has 1 rings (SSSR count). The van der Waals surface area contributed by atoms with Crippen LogP contribution in [0.2, 0.25) is 0 Å². The number of thioether (sulfide) groups is 1. The number of aromatic amines is 1. The van der Waals surface area contributed by atoms with Crippen LogP contribution in [0.1, 0.15) is 0 Å². The third-order valence-corrected chi connectivity index (χ3v) is 1.50. The summed E-state index contributed by atoms with van der Waals surface area (Å²) in [6.45, 7) is 0. The topological polar surface area (TPSA) is 59.9 Å². The summed E-state index contributed by atoms with van der Waals surface area (Å²) in [5.41, 5.74) is -0.440. The molecule has 0 aliphatic rings. The maximum atomic E-state index is 10.8. The van der Waals surface area contributed by atoms with Gasteiger partial charge in [-0.1, -0.05) is 0 Å². The standard InChI is InChI=1S/C5H5N3O2S/c1-3-11-5-7-6-4(9)8(5)10-2/h1H,2H3,(H,6,9). The molecule has 5 nitrogen and oxygen atoms in total. The van der Waals surface area contributed by atoms with Gasteiger partial charge < -0.3 is 4.84 Å². The smallest absolute Gasteiger partial charge is 0.377 e. The molecule has 1 aromatic heterocycles. The first-order valence-corrected chi connectivity index (χ1v) is 3.45. The molecule has 1 heterocycles. The number of aromatic nitrogens is 3. The average Bonchev–Trinajstić information content (AvgIpc) is 2.33. The van der Waals surface area contributed by atoms with Gasteiger partial charge in [0, 0.05) is 11.8 Å². The molecule has 0 aliphatic carbocycles. The van der Waals surface area contributed by atoms with Crippen LogP contribution in [0.5, 0.6) is 0 Å². The second-order valence-electron chi connectivity index (χ2n) is 1.51. The molecule has 0 saturated carbocycles. The van der Waals surface area contributed by atoms with Crippen LogP contribution in [0.15, 0.2) is 9.95 Å². The number of hydrogen-bond donors (Lipinski definition) is 1. The van der Waals surface area contributed by atoms with Gasteiger partial charge in [0.25, 0.3) is 0 Å². The first kappa shape index (κ1) is 7.75. The summed E-state index contributed by atoms with van der Waals surface area (Å²) in [4.78, 5) is 15.4. The highest BCUT2D eigenvalue weighted by Crippen LogP contribution is 2.08. The molecule has 0 spiro atoms. The number of H-pyrrole nitrogens is 1. The third kappa shape index (κ3) is 1.38. The zero-order valence-corrected chi connectivity index (χ0v) is 6.51. The molecule has 0 fully saturated rings. The predicted octanol–water partition coefficient (Wildman–Crippen LogP) is -0.687. The van der Waals surface area contributed by atoms with Crippen molar-refractivity contribution in [2.75, 3.05) is 7.11 Å². The van der Waals surface area contributed by atoms with Crippen molar-refractivity contribution in [3.8, 4) is 11.7 Å². The van der Waals surface area contributed by atoms with Gasteiger partial charge in [-0.25, -0.2) is 9.89 Å². The minimum absolute atomic E-state index is 0.319. The van der Waals surface area contributed by atoms with E-state index < -0.39 is 5.69 Å². The van der Waals surface area contributed by atoms with Gasteiger partial charge in [0.1, 0.15) is 7.11 Å². The third-order valence-electron chi connectivity index (χ3n) is 0.938. The van der Waals surface area contributed by atoms with Crippen LogP contribution >= 0.6 is 11.8 Å². The van der Waals surface area contributed by atoms with E-state index in [0.29, 0.717) is 5.16 Å². The first-order chi connectivity index (χ1) is 5.29. The fourth-order valence-corrected chi connectivity index (χ4v) is 0.988. The summed E-state index contributed by atoms with van der Waals surface area (Å²) in [7, 11) is 1.36. The quantitative estimate of drug-likeness (QED) is 0.472. The Balaban J connectivity index is 3.08. The van der Waals surface area contributed by atoms with Crippen molar-refractivity contribution < 1.29 is 4.84 Å². The monoisotopic (exact) mass is 171 g/mol.